The van der Waals surface area contributed by atoms with E-state index in [0.29, 0.717) is 19.0 Å². The molecular formula is C14H28N4O2. The predicted molar refractivity (Wildman–Crippen MR) is 79.6 cm³/mol. The highest BCUT2D eigenvalue weighted by Gasteiger charge is 2.32. The standard InChI is InChI=1S/C14H28N4O2/c1-10(2)9-17-5-7-18(8-6-17)14(19)12(11(3)4)13(15)16-20/h10-12,20H,5-9H2,1-4H3,(H2,15,16). The van der Waals surface area contributed by atoms with E-state index in [9.17, 15) is 4.79 Å². The fourth-order valence-corrected chi connectivity index (χ4v) is 2.68. The zero-order valence-corrected chi connectivity index (χ0v) is 13.0. The molecule has 1 amide bonds. The molecule has 1 rings (SSSR count). The molecule has 1 unspecified atom stereocenters. The lowest BCUT2D eigenvalue weighted by Gasteiger charge is -2.37. The van der Waals surface area contributed by atoms with Gasteiger partial charge < -0.3 is 15.8 Å². The summed E-state index contributed by atoms with van der Waals surface area (Å²) in [6.07, 6.45) is 0. The smallest absolute Gasteiger partial charge is 0.233 e. The molecule has 1 saturated heterocycles. The highest BCUT2D eigenvalue weighted by atomic mass is 16.4. The van der Waals surface area contributed by atoms with Crippen molar-refractivity contribution in [2.45, 2.75) is 27.7 Å². The number of oxime groups is 1. The van der Waals surface area contributed by atoms with Gasteiger partial charge in [0, 0.05) is 32.7 Å². The molecule has 0 aliphatic carbocycles. The molecule has 1 aliphatic heterocycles. The molecule has 0 bridgehead atoms. The first kappa shape index (κ1) is 16.8. The Labute approximate surface area is 121 Å². The molecule has 1 aliphatic rings. The fourth-order valence-electron chi connectivity index (χ4n) is 2.68. The summed E-state index contributed by atoms with van der Waals surface area (Å²) >= 11 is 0. The average Bonchev–Trinajstić information content (AvgIpc) is 2.38. The van der Waals surface area contributed by atoms with Crippen molar-refractivity contribution in [2.24, 2.45) is 28.6 Å². The number of carbonyl (C=O) groups excluding carboxylic acids is 1. The van der Waals surface area contributed by atoms with Crippen molar-refractivity contribution in [3.8, 4) is 0 Å². The largest absolute Gasteiger partial charge is 0.409 e. The first-order valence-corrected chi connectivity index (χ1v) is 7.35. The van der Waals surface area contributed by atoms with Gasteiger partial charge in [-0.1, -0.05) is 32.9 Å². The Hall–Kier alpha value is -1.30. The zero-order valence-electron chi connectivity index (χ0n) is 13.0. The molecule has 1 atom stereocenters. The lowest BCUT2D eigenvalue weighted by atomic mass is 9.93. The van der Waals surface area contributed by atoms with Crippen molar-refractivity contribution in [3.05, 3.63) is 0 Å². The molecule has 1 heterocycles. The van der Waals surface area contributed by atoms with Gasteiger partial charge in [-0.3, -0.25) is 9.69 Å². The van der Waals surface area contributed by atoms with Gasteiger partial charge in [-0.25, -0.2) is 0 Å². The highest BCUT2D eigenvalue weighted by molar-refractivity contribution is 6.02. The number of hydrogen-bond acceptors (Lipinski definition) is 4. The number of carbonyl (C=O) groups is 1. The summed E-state index contributed by atoms with van der Waals surface area (Å²) in [5.74, 6) is 0.107. The van der Waals surface area contributed by atoms with Crippen LogP contribution in [0.15, 0.2) is 5.16 Å². The fraction of sp³-hybridized carbons (Fsp3) is 0.857. The minimum atomic E-state index is -0.531. The molecule has 116 valence electrons. The van der Waals surface area contributed by atoms with Gasteiger partial charge in [0.15, 0.2) is 5.84 Å². The summed E-state index contributed by atoms with van der Waals surface area (Å²) in [6, 6.07) is 0. The van der Waals surface area contributed by atoms with Crippen molar-refractivity contribution in [2.75, 3.05) is 32.7 Å². The van der Waals surface area contributed by atoms with E-state index in [0.717, 1.165) is 19.6 Å². The highest BCUT2D eigenvalue weighted by Crippen LogP contribution is 2.16. The molecule has 6 nitrogen and oxygen atoms in total. The number of nitrogens with zero attached hydrogens (tertiary/aromatic N) is 3. The van der Waals surface area contributed by atoms with Crippen LogP contribution < -0.4 is 5.73 Å². The SMILES string of the molecule is CC(C)CN1CCN(C(=O)C(C(N)=NO)C(C)C)CC1. The molecule has 6 heteroatoms. The molecular weight excluding hydrogens is 256 g/mol. The average molecular weight is 284 g/mol. The maximum absolute atomic E-state index is 12.5. The van der Waals surface area contributed by atoms with Crippen LogP contribution in [0.4, 0.5) is 0 Å². The minimum Gasteiger partial charge on any atom is -0.409 e. The molecule has 0 saturated carbocycles. The monoisotopic (exact) mass is 284 g/mol. The third kappa shape index (κ3) is 4.37. The van der Waals surface area contributed by atoms with Crippen molar-refractivity contribution < 1.29 is 10.0 Å². The van der Waals surface area contributed by atoms with Gasteiger partial charge in [0.05, 0.1) is 0 Å². The first-order valence-electron chi connectivity index (χ1n) is 7.35. The number of nitrogens with two attached hydrogens (primary N) is 1. The quantitative estimate of drug-likeness (QED) is 0.339. The Bertz CT molecular complexity index is 347. The Morgan fingerprint density at radius 3 is 2.15 bits per heavy atom. The molecule has 0 radical (unpaired) electrons. The van der Waals surface area contributed by atoms with Crippen LogP contribution in [0.2, 0.25) is 0 Å². The summed E-state index contributed by atoms with van der Waals surface area (Å²) < 4.78 is 0. The second-order valence-electron chi connectivity index (χ2n) is 6.27. The van der Waals surface area contributed by atoms with Gasteiger partial charge in [-0.05, 0) is 11.8 Å². The summed E-state index contributed by atoms with van der Waals surface area (Å²) in [4.78, 5) is 16.7. The van der Waals surface area contributed by atoms with Crippen LogP contribution in [0, 0.1) is 17.8 Å². The maximum atomic E-state index is 12.5. The number of amides is 1. The van der Waals surface area contributed by atoms with Gasteiger partial charge >= 0.3 is 0 Å². The van der Waals surface area contributed by atoms with Crippen LogP contribution in [0.5, 0.6) is 0 Å². The van der Waals surface area contributed by atoms with Crippen LogP contribution in [0.1, 0.15) is 27.7 Å². The number of hydrogen-bond donors (Lipinski definition) is 2. The Morgan fingerprint density at radius 2 is 1.75 bits per heavy atom. The molecule has 3 N–H and O–H groups in total. The lowest BCUT2D eigenvalue weighted by Crippen LogP contribution is -2.53. The molecule has 0 aromatic rings. The second-order valence-corrected chi connectivity index (χ2v) is 6.27. The van der Waals surface area contributed by atoms with Crippen LogP contribution in [0.3, 0.4) is 0 Å². The summed E-state index contributed by atoms with van der Waals surface area (Å²) in [7, 11) is 0. The molecule has 1 fully saturated rings. The predicted octanol–water partition coefficient (Wildman–Crippen LogP) is 0.805. The van der Waals surface area contributed by atoms with Gasteiger partial charge in [0.1, 0.15) is 5.92 Å². The lowest BCUT2D eigenvalue weighted by molar-refractivity contribution is -0.136. The van der Waals surface area contributed by atoms with E-state index >= 15 is 0 Å². The van der Waals surface area contributed by atoms with Gasteiger partial charge in [-0.15, -0.1) is 0 Å². The van der Waals surface area contributed by atoms with E-state index in [4.69, 9.17) is 10.9 Å². The normalized spacial score (nSPS) is 19.7. The summed E-state index contributed by atoms with van der Waals surface area (Å²) in [5, 5.41) is 11.8. The van der Waals surface area contributed by atoms with Crippen molar-refractivity contribution in [3.63, 3.8) is 0 Å². The van der Waals surface area contributed by atoms with E-state index < -0.39 is 5.92 Å². The zero-order chi connectivity index (χ0) is 15.3. The van der Waals surface area contributed by atoms with Crippen molar-refractivity contribution in [1.29, 1.82) is 0 Å². The Morgan fingerprint density at radius 1 is 1.20 bits per heavy atom. The third-order valence-corrected chi connectivity index (χ3v) is 3.67. The molecule has 20 heavy (non-hydrogen) atoms. The van der Waals surface area contributed by atoms with Crippen molar-refractivity contribution in [1.82, 2.24) is 9.80 Å². The van der Waals surface area contributed by atoms with E-state index in [1.165, 1.54) is 0 Å². The maximum Gasteiger partial charge on any atom is 0.233 e. The topological polar surface area (TPSA) is 82.2 Å². The first-order chi connectivity index (χ1) is 9.36. The van der Waals surface area contributed by atoms with Crippen LogP contribution in [-0.4, -0.2) is 59.5 Å². The Kier molecular flexibility index (Phi) is 6.26. The van der Waals surface area contributed by atoms with Crippen LogP contribution >= 0.6 is 0 Å². The van der Waals surface area contributed by atoms with E-state index in [-0.39, 0.29) is 17.7 Å². The minimum absolute atomic E-state index is 0.00890. The van der Waals surface area contributed by atoms with Crippen LogP contribution in [-0.2, 0) is 4.79 Å². The molecule has 0 aromatic heterocycles. The van der Waals surface area contributed by atoms with Gasteiger partial charge in [-0.2, -0.15) is 0 Å². The number of amidine groups is 1. The number of piperazine rings is 1. The molecule has 0 aromatic carbocycles. The second kappa shape index (κ2) is 7.47. The molecule has 0 spiro atoms. The van der Waals surface area contributed by atoms with Crippen molar-refractivity contribution >= 4 is 11.7 Å². The Balaban J connectivity index is 2.61. The third-order valence-electron chi connectivity index (χ3n) is 3.67. The van der Waals surface area contributed by atoms with Gasteiger partial charge in [0.2, 0.25) is 5.91 Å². The van der Waals surface area contributed by atoms with E-state index in [2.05, 4.69) is 23.9 Å². The number of rotatable bonds is 5. The summed E-state index contributed by atoms with van der Waals surface area (Å²) in [6.45, 7) is 12.5. The summed E-state index contributed by atoms with van der Waals surface area (Å²) in [5.41, 5.74) is 5.66. The van der Waals surface area contributed by atoms with E-state index in [1.807, 2.05) is 18.7 Å². The van der Waals surface area contributed by atoms with E-state index in [1.54, 1.807) is 0 Å². The van der Waals surface area contributed by atoms with Crippen LogP contribution in [0.25, 0.3) is 0 Å². The van der Waals surface area contributed by atoms with Gasteiger partial charge in [0.25, 0.3) is 0 Å².